The normalized spacial score (nSPS) is 18.8. The summed E-state index contributed by atoms with van der Waals surface area (Å²) in [6, 6.07) is 11.0. The number of aromatic amines is 1. The van der Waals surface area contributed by atoms with Crippen LogP contribution in [0.2, 0.25) is 4.34 Å². The number of carbonyl (C=O) groups excluding carboxylic acids is 1. The van der Waals surface area contributed by atoms with Gasteiger partial charge in [-0.3, -0.25) is 4.79 Å². The number of carbonyl (C=O) groups is 1. The summed E-state index contributed by atoms with van der Waals surface area (Å²) in [5.41, 5.74) is 2.45. The van der Waals surface area contributed by atoms with Crippen LogP contribution >= 0.6 is 22.9 Å². The minimum atomic E-state index is -3.35. The molecule has 0 aliphatic heterocycles. The highest BCUT2D eigenvalue weighted by molar-refractivity contribution is 7.91. The number of aliphatic hydroxyl groups is 1. The Morgan fingerprint density at radius 2 is 2.10 bits per heavy atom. The number of sulfone groups is 1. The van der Waals surface area contributed by atoms with Crippen molar-refractivity contribution in [3.05, 3.63) is 57.6 Å². The lowest BCUT2D eigenvalue weighted by Crippen LogP contribution is -2.40. The fraction of sp³-hybridized carbons (Fsp3) is 0.350. The molecule has 0 saturated heterocycles. The topological polar surface area (TPSA) is 99.3 Å². The van der Waals surface area contributed by atoms with E-state index < -0.39 is 9.84 Å². The first-order valence-corrected chi connectivity index (χ1v) is 12.4. The number of fused-ring (bicyclic) bond motifs is 2. The Hall–Kier alpha value is -1.87. The molecule has 1 aliphatic rings. The molecule has 0 unspecified atom stereocenters. The molecule has 2 atom stereocenters. The molecule has 9 heteroatoms. The van der Waals surface area contributed by atoms with E-state index in [1.54, 1.807) is 12.1 Å². The first kappa shape index (κ1) is 20.4. The monoisotopic (exact) mass is 452 g/mol. The molecule has 0 saturated carbocycles. The van der Waals surface area contributed by atoms with E-state index in [0.717, 1.165) is 21.3 Å². The van der Waals surface area contributed by atoms with Crippen LogP contribution in [0.25, 0.3) is 10.2 Å². The summed E-state index contributed by atoms with van der Waals surface area (Å²) in [6.07, 6.45) is 0.804. The number of thiophene rings is 1. The first-order valence-electron chi connectivity index (χ1n) is 9.34. The lowest BCUT2D eigenvalue weighted by molar-refractivity contribution is 0.0930. The first-order chi connectivity index (χ1) is 13.9. The number of nitrogens with one attached hydrogen (secondary N) is 2. The number of benzene rings is 1. The molecule has 0 radical (unpaired) electrons. The van der Waals surface area contributed by atoms with Crippen molar-refractivity contribution in [1.82, 2.24) is 10.3 Å². The lowest BCUT2D eigenvalue weighted by atomic mass is 10.0. The van der Waals surface area contributed by atoms with Crippen molar-refractivity contribution in [2.24, 2.45) is 0 Å². The Bertz CT molecular complexity index is 1120. The van der Waals surface area contributed by atoms with Crippen LogP contribution in [0.3, 0.4) is 0 Å². The quantitative estimate of drug-likeness (QED) is 0.512. The predicted molar refractivity (Wildman–Crippen MR) is 116 cm³/mol. The third-order valence-corrected chi connectivity index (χ3v) is 8.24. The van der Waals surface area contributed by atoms with Crippen molar-refractivity contribution >= 4 is 48.9 Å². The van der Waals surface area contributed by atoms with Crippen molar-refractivity contribution in [1.29, 1.82) is 0 Å². The van der Waals surface area contributed by atoms with Crippen molar-refractivity contribution in [3.8, 4) is 0 Å². The summed E-state index contributed by atoms with van der Waals surface area (Å²) in [5, 5.41) is 12.9. The Kier molecular flexibility index (Phi) is 5.70. The van der Waals surface area contributed by atoms with Gasteiger partial charge >= 0.3 is 0 Å². The van der Waals surface area contributed by atoms with Crippen LogP contribution in [-0.2, 0) is 16.3 Å². The van der Waals surface area contributed by atoms with Gasteiger partial charge in [0.2, 0.25) is 0 Å². The highest BCUT2D eigenvalue weighted by Crippen LogP contribution is 2.35. The zero-order valence-corrected chi connectivity index (χ0v) is 17.9. The molecule has 0 fully saturated rings. The molecule has 6 nitrogen and oxygen atoms in total. The summed E-state index contributed by atoms with van der Waals surface area (Å²) < 4.78 is 25.7. The van der Waals surface area contributed by atoms with E-state index >= 15 is 0 Å². The van der Waals surface area contributed by atoms with Gasteiger partial charge < -0.3 is 15.4 Å². The van der Waals surface area contributed by atoms with E-state index in [1.807, 2.05) is 24.3 Å². The molecule has 1 aliphatic carbocycles. The zero-order chi connectivity index (χ0) is 20.6. The Morgan fingerprint density at radius 1 is 1.31 bits per heavy atom. The fourth-order valence-electron chi connectivity index (χ4n) is 3.94. The largest absolute Gasteiger partial charge is 0.396 e. The maximum Gasteiger partial charge on any atom is 0.268 e. The van der Waals surface area contributed by atoms with E-state index in [4.69, 9.17) is 16.7 Å². The number of halogens is 1. The van der Waals surface area contributed by atoms with Gasteiger partial charge in [-0.1, -0.05) is 35.9 Å². The summed E-state index contributed by atoms with van der Waals surface area (Å²) in [7, 11) is -3.35. The van der Waals surface area contributed by atoms with Crippen LogP contribution in [0.4, 0.5) is 0 Å². The number of rotatable bonds is 7. The second-order valence-electron chi connectivity index (χ2n) is 7.30. The van der Waals surface area contributed by atoms with Gasteiger partial charge in [0.25, 0.3) is 5.91 Å². The molecule has 29 heavy (non-hydrogen) atoms. The molecular weight excluding hydrogens is 432 g/mol. The van der Waals surface area contributed by atoms with Gasteiger partial charge in [-0.15, -0.1) is 11.3 Å². The van der Waals surface area contributed by atoms with Crippen molar-refractivity contribution in [3.63, 3.8) is 0 Å². The molecule has 0 spiro atoms. The average Bonchev–Trinajstić information content (AvgIpc) is 3.31. The molecule has 4 rings (SSSR count). The van der Waals surface area contributed by atoms with Crippen LogP contribution < -0.4 is 5.32 Å². The van der Waals surface area contributed by atoms with Gasteiger partial charge in [0.15, 0.2) is 9.84 Å². The van der Waals surface area contributed by atoms with Gasteiger partial charge in [0.05, 0.1) is 15.8 Å². The maximum atomic E-state index is 12.8. The lowest BCUT2D eigenvalue weighted by Gasteiger charge is -2.21. The highest BCUT2D eigenvalue weighted by Gasteiger charge is 2.36. The van der Waals surface area contributed by atoms with E-state index in [0.29, 0.717) is 16.5 Å². The maximum absolute atomic E-state index is 12.8. The molecular formula is C20H21ClN2O4S2. The van der Waals surface area contributed by atoms with E-state index in [1.165, 1.54) is 11.3 Å². The van der Waals surface area contributed by atoms with Crippen LogP contribution in [0, 0.1) is 0 Å². The Labute approximate surface area is 177 Å². The van der Waals surface area contributed by atoms with Gasteiger partial charge in [0.1, 0.15) is 10.5 Å². The number of aliphatic hydroxyl groups excluding tert-OH is 1. The minimum absolute atomic E-state index is 0.0512. The summed E-state index contributed by atoms with van der Waals surface area (Å²) >= 11 is 7.36. The number of aromatic nitrogens is 1. The van der Waals surface area contributed by atoms with Gasteiger partial charge in [0, 0.05) is 24.0 Å². The average molecular weight is 453 g/mol. The third-order valence-electron chi connectivity index (χ3n) is 5.27. The van der Waals surface area contributed by atoms with Crippen LogP contribution in [0.15, 0.2) is 36.4 Å². The second kappa shape index (κ2) is 8.10. The molecule has 0 bridgehead atoms. The van der Waals surface area contributed by atoms with Gasteiger partial charge in [-0.25, -0.2) is 8.42 Å². The summed E-state index contributed by atoms with van der Waals surface area (Å²) in [4.78, 5) is 16.7. The molecule has 1 amide bonds. The zero-order valence-electron chi connectivity index (χ0n) is 15.5. The van der Waals surface area contributed by atoms with E-state index in [2.05, 4.69) is 10.3 Å². The Balaban J connectivity index is 1.56. The molecule has 3 aromatic rings. The summed E-state index contributed by atoms with van der Waals surface area (Å²) in [6.45, 7) is -0.158. The second-order valence-corrected chi connectivity index (χ2v) is 11.2. The Morgan fingerprint density at radius 3 is 2.86 bits per heavy atom. The third kappa shape index (κ3) is 4.35. The van der Waals surface area contributed by atoms with Crippen LogP contribution in [0.5, 0.6) is 0 Å². The predicted octanol–water partition coefficient (Wildman–Crippen LogP) is 3.12. The fourth-order valence-corrected chi connectivity index (χ4v) is 6.76. The van der Waals surface area contributed by atoms with Crippen molar-refractivity contribution < 1.29 is 18.3 Å². The highest BCUT2D eigenvalue weighted by atomic mass is 35.5. The number of hydrogen-bond donors (Lipinski definition) is 3. The standard InChI is InChI=1S/C20H21ClN2O4S2/c21-18-10-13-9-17(23-20(13)28-18)19(25)22-16-8-12-4-1-2-5-14(12)15(16)11-29(26,27)7-3-6-24/h1-2,4-5,9-10,15-16,23-24H,3,6-8,11H2,(H,22,25)/t15-,16-/m1/s1. The van der Waals surface area contributed by atoms with Gasteiger partial charge in [-0.2, -0.15) is 0 Å². The number of H-pyrrole nitrogens is 1. The molecule has 2 aromatic heterocycles. The van der Waals surface area contributed by atoms with Crippen molar-refractivity contribution in [2.45, 2.75) is 24.8 Å². The van der Waals surface area contributed by atoms with Gasteiger partial charge in [-0.05, 0) is 36.1 Å². The number of amides is 1. The van der Waals surface area contributed by atoms with E-state index in [9.17, 15) is 13.2 Å². The molecule has 2 heterocycles. The molecule has 1 aromatic carbocycles. The molecule has 3 N–H and O–H groups in total. The van der Waals surface area contributed by atoms with Crippen molar-refractivity contribution in [2.75, 3.05) is 18.1 Å². The minimum Gasteiger partial charge on any atom is -0.396 e. The SMILES string of the molecule is O=C(N[C@@H]1Cc2ccccc2[C@H]1CS(=O)(=O)CCCO)c1cc2cc(Cl)sc2[nH]1. The molecule has 154 valence electrons. The van der Waals surface area contributed by atoms with Crippen LogP contribution in [-0.4, -0.2) is 48.6 Å². The smallest absolute Gasteiger partial charge is 0.268 e. The summed E-state index contributed by atoms with van der Waals surface area (Å²) in [5.74, 6) is -0.689. The van der Waals surface area contributed by atoms with Crippen LogP contribution in [0.1, 0.15) is 34.0 Å². The van der Waals surface area contributed by atoms with E-state index in [-0.39, 0.29) is 42.4 Å². The number of hydrogen-bond acceptors (Lipinski definition) is 5.